The summed E-state index contributed by atoms with van der Waals surface area (Å²) in [4.78, 5) is 13.3. The van der Waals surface area contributed by atoms with E-state index in [2.05, 4.69) is 23.5 Å². The van der Waals surface area contributed by atoms with Gasteiger partial charge in [0.2, 0.25) is 5.91 Å². The molecule has 5 rings (SSSR count). The molecule has 1 heterocycles. The summed E-state index contributed by atoms with van der Waals surface area (Å²) >= 11 is 0. The second kappa shape index (κ2) is 17.1. The number of anilines is 1. The molecule has 0 spiro atoms. The van der Waals surface area contributed by atoms with Gasteiger partial charge in [0.05, 0.1) is 17.9 Å². The summed E-state index contributed by atoms with van der Waals surface area (Å²) in [6, 6.07) is 0.487. The molecule has 0 bridgehead atoms. The molecule has 0 atom stereocenters. The van der Waals surface area contributed by atoms with Crippen LogP contribution in [0.25, 0.3) is 0 Å². The van der Waals surface area contributed by atoms with Crippen molar-refractivity contribution in [2.24, 2.45) is 17.8 Å². The number of rotatable bonds is 6. The lowest BCUT2D eigenvalue weighted by molar-refractivity contribution is -0.120. The Balaban J connectivity index is 1.02. The van der Waals surface area contributed by atoms with Crippen LogP contribution in [0.15, 0.2) is 12.4 Å². The second-order valence-corrected chi connectivity index (χ2v) is 14.7. The minimum Gasteiger partial charge on any atom is -0.323 e. The van der Waals surface area contributed by atoms with Gasteiger partial charge in [0.25, 0.3) is 0 Å². The van der Waals surface area contributed by atoms with E-state index in [1.807, 2.05) is 6.20 Å². The zero-order chi connectivity index (χ0) is 28.1. The summed E-state index contributed by atoms with van der Waals surface area (Å²) in [6.07, 6.45) is 39.4. The molecule has 0 unspecified atom stereocenters. The van der Waals surface area contributed by atoms with Crippen molar-refractivity contribution in [3.05, 3.63) is 12.4 Å². The average Bonchev–Trinajstić information content (AvgIpc) is 3.41. The number of carbonyl (C=O) groups is 1. The summed E-state index contributed by atoms with van der Waals surface area (Å²) in [5, 5.41) is 7.99. The Kier molecular flexibility index (Phi) is 13.0. The maximum atomic E-state index is 13.3. The Hall–Kier alpha value is -1.26. The summed E-state index contributed by atoms with van der Waals surface area (Å²) in [5.41, 5.74) is 0.902. The van der Waals surface area contributed by atoms with Crippen LogP contribution >= 0.6 is 0 Å². The van der Waals surface area contributed by atoms with Crippen LogP contribution in [0.4, 0.5) is 5.69 Å². The molecule has 0 saturated heterocycles. The van der Waals surface area contributed by atoms with Gasteiger partial charge in [-0.25, -0.2) is 0 Å². The first-order valence-electron chi connectivity index (χ1n) is 18.4. The molecule has 4 nitrogen and oxygen atoms in total. The predicted octanol–water partition coefficient (Wildman–Crippen LogP) is 10.7. The molecule has 1 aromatic rings. The Bertz CT molecular complexity index is 850. The fourth-order valence-electron chi connectivity index (χ4n) is 9.06. The van der Waals surface area contributed by atoms with Crippen molar-refractivity contribution in [1.82, 2.24) is 9.78 Å². The van der Waals surface area contributed by atoms with Crippen molar-refractivity contribution in [3.8, 4) is 0 Å². The molecule has 5 heteroatoms. The fourth-order valence-corrected chi connectivity index (χ4v) is 9.06. The van der Waals surface area contributed by atoms with Crippen LogP contribution in [0.2, 0.25) is 11.6 Å². The van der Waals surface area contributed by atoms with E-state index in [4.69, 9.17) is 5.10 Å². The Morgan fingerprint density at radius 2 is 1.10 bits per heavy atom. The van der Waals surface area contributed by atoms with Gasteiger partial charge < -0.3 is 5.32 Å². The van der Waals surface area contributed by atoms with Crippen LogP contribution < -0.4 is 5.32 Å². The van der Waals surface area contributed by atoms with E-state index in [-0.39, 0.29) is 11.8 Å². The molecular formula is C36H61BN3O. The highest BCUT2D eigenvalue weighted by Crippen LogP contribution is 2.40. The van der Waals surface area contributed by atoms with Crippen molar-refractivity contribution in [1.29, 1.82) is 0 Å². The summed E-state index contributed by atoms with van der Waals surface area (Å²) in [7, 11) is 2.77. The number of nitrogens with one attached hydrogen (secondary N) is 1. The third-order valence-corrected chi connectivity index (χ3v) is 11.6. The minimum atomic E-state index is 0.171. The van der Waals surface area contributed by atoms with E-state index < -0.39 is 0 Å². The second-order valence-electron chi connectivity index (χ2n) is 14.7. The molecule has 41 heavy (non-hydrogen) atoms. The van der Waals surface area contributed by atoms with Gasteiger partial charge in [0.15, 0.2) is 0 Å². The lowest BCUT2D eigenvalue weighted by Crippen LogP contribution is -2.26. The first-order chi connectivity index (χ1) is 20.2. The van der Waals surface area contributed by atoms with Gasteiger partial charge in [0.1, 0.15) is 7.28 Å². The first-order valence-corrected chi connectivity index (χ1v) is 18.4. The van der Waals surface area contributed by atoms with Crippen molar-refractivity contribution in [2.45, 2.75) is 185 Å². The van der Waals surface area contributed by atoms with Gasteiger partial charge in [-0.2, -0.15) is 5.10 Å². The maximum absolute atomic E-state index is 13.3. The number of nitrogens with zero attached hydrogens (tertiary/aromatic N) is 2. The highest BCUT2D eigenvalue weighted by molar-refractivity contribution is 6.39. The van der Waals surface area contributed by atoms with Crippen molar-refractivity contribution in [3.63, 3.8) is 0 Å². The molecule has 4 aliphatic rings. The van der Waals surface area contributed by atoms with Crippen LogP contribution in [0.5, 0.6) is 0 Å². The van der Waals surface area contributed by atoms with Gasteiger partial charge in [-0.05, 0) is 37.5 Å². The molecule has 1 radical (unpaired) electrons. The average molecular weight is 563 g/mol. The van der Waals surface area contributed by atoms with Crippen LogP contribution in [-0.4, -0.2) is 23.0 Å². The van der Waals surface area contributed by atoms with Crippen molar-refractivity contribution in [2.75, 3.05) is 5.32 Å². The summed E-state index contributed by atoms with van der Waals surface area (Å²) in [6.45, 7) is 0. The lowest BCUT2D eigenvalue weighted by atomic mass is 9.49. The standard InChI is InChI=1S/C36H61BN3O/c41-36(31-19-13-17-30(18-14-20-31)29-15-9-5-4-6-10-16-29)39-34-27-38-40(28-34)35-25-23-33(24-26-35)37-32-21-11-7-2-1-3-8-12-22-32/h27-33,35H,1-26H2,(H,39,41). The van der Waals surface area contributed by atoms with Gasteiger partial charge in [-0.1, -0.05) is 153 Å². The zero-order valence-electron chi connectivity index (χ0n) is 26.4. The van der Waals surface area contributed by atoms with Crippen molar-refractivity contribution < 1.29 is 4.79 Å². The van der Waals surface area contributed by atoms with E-state index in [1.165, 1.54) is 154 Å². The van der Waals surface area contributed by atoms with E-state index in [0.717, 1.165) is 42.0 Å². The van der Waals surface area contributed by atoms with E-state index in [0.29, 0.717) is 6.04 Å². The highest BCUT2D eigenvalue weighted by Gasteiger charge is 2.28. The summed E-state index contributed by atoms with van der Waals surface area (Å²) in [5.74, 6) is 3.91. The normalized spacial score (nSPS) is 30.7. The van der Waals surface area contributed by atoms with Gasteiger partial charge in [-0.15, -0.1) is 0 Å². The number of carbonyl (C=O) groups excluding carboxylic acids is 1. The van der Waals surface area contributed by atoms with E-state index >= 15 is 0 Å². The molecule has 1 amide bonds. The largest absolute Gasteiger partial charge is 0.323 e. The summed E-state index contributed by atoms with van der Waals surface area (Å²) < 4.78 is 2.16. The number of hydrogen-bond acceptors (Lipinski definition) is 2. The molecule has 0 aromatic carbocycles. The number of aromatic nitrogens is 2. The number of hydrogen-bond donors (Lipinski definition) is 1. The Labute approximate surface area is 253 Å². The number of amides is 1. The minimum absolute atomic E-state index is 0.171. The maximum Gasteiger partial charge on any atom is 0.227 e. The van der Waals surface area contributed by atoms with E-state index in [1.54, 1.807) is 0 Å². The lowest BCUT2D eigenvalue weighted by Gasteiger charge is -2.31. The molecule has 229 valence electrons. The third-order valence-electron chi connectivity index (χ3n) is 11.6. The quantitative estimate of drug-likeness (QED) is 0.351. The third kappa shape index (κ3) is 10.2. The topological polar surface area (TPSA) is 46.9 Å². The molecule has 1 N–H and O–H groups in total. The molecular weight excluding hydrogens is 501 g/mol. The van der Waals surface area contributed by atoms with E-state index in [9.17, 15) is 4.79 Å². The van der Waals surface area contributed by atoms with Gasteiger partial charge in [-0.3, -0.25) is 9.48 Å². The van der Waals surface area contributed by atoms with Crippen molar-refractivity contribution >= 4 is 18.9 Å². The molecule has 4 saturated carbocycles. The monoisotopic (exact) mass is 562 g/mol. The SMILES string of the molecule is O=C(Nc1cnn(C2CCC([B]C3CCCCCCCCC3)CC2)c1)C1CCCC(C2CCCCCCC2)CCC1. The van der Waals surface area contributed by atoms with Gasteiger partial charge in [0, 0.05) is 12.1 Å². The smallest absolute Gasteiger partial charge is 0.227 e. The molecule has 4 aliphatic carbocycles. The highest BCUT2D eigenvalue weighted by atomic mass is 16.1. The first kappa shape index (κ1) is 31.2. The van der Waals surface area contributed by atoms with Crippen LogP contribution in [0, 0.1) is 17.8 Å². The zero-order valence-corrected chi connectivity index (χ0v) is 26.4. The van der Waals surface area contributed by atoms with Crippen LogP contribution in [0.3, 0.4) is 0 Å². The van der Waals surface area contributed by atoms with Crippen LogP contribution in [-0.2, 0) is 4.79 Å². The Morgan fingerprint density at radius 3 is 1.68 bits per heavy atom. The molecule has 4 fully saturated rings. The van der Waals surface area contributed by atoms with Gasteiger partial charge >= 0.3 is 0 Å². The molecule has 1 aromatic heterocycles. The molecule has 0 aliphatic heterocycles. The predicted molar refractivity (Wildman–Crippen MR) is 174 cm³/mol. The Morgan fingerprint density at radius 1 is 0.610 bits per heavy atom. The fraction of sp³-hybridized carbons (Fsp3) is 0.889. The van der Waals surface area contributed by atoms with Crippen LogP contribution in [0.1, 0.15) is 173 Å².